The molecule has 0 radical (unpaired) electrons. The lowest BCUT2D eigenvalue weighted by Gasteiger charge is -2.15. The number of nitrogens with two attached hydrogens (primary N) is 1. The highest BCUT2D eigenvalue weighted by Gasteiger charge is 2.18. The number of nitrogens with one attached hydrogen (secondary N) is 1. The minimum absolute atomic E-state index is 0.0119. The van der Waals surface area contributed by atoms with E-state index in [1.165, 1.54) is 42.5 Å². The SMILES string of the molecule is NC1=CC(=O)C(Nc2ccc(O)cc2Cl)=C/C1=N/c1ccc(O)cc1Cl. The zero-order chi connectivity index (χ0) is 18.8. The van der Waals surface area contributed by atoms with E-state index in [9.17, 15) is 15.0 Å². The first kappa shape index (κ1) is 17.8. The van der Waals surface area contributed by atoms with Gasteiger partial charge in [-0.05, 0) is 30.3 Å². The van der Waals surface area contributed by atoms with E-state index in [1.54, 1.807) is 6.07 Å². The van der Waals surface area contributed by atoms with Crippen molar-refractivity contribution in [3.05, 3.63) is 70.0 Å². The molecule has 0 amide bonds. The number of anilines is 1. The van der Waals surface area contributed by atoms with Gasteiger partial charge in [-0.1, -0.05) is 23.2 Å². The van der Waals surface area contributed by atoms with E-state index in [2.05, 4.69) is 10.3 Å². The van der Waals surface area contributed by atoms with E-state index in [1.807, 2.05) is 0 Å². The van der Waals surface area contributed by atoms with Crippen molar-refractivity contribution in [2.24, 2.45) is 10.7 Å². The number of rotatable bonds is 3. The van der Waals surface area contributed by atoms with Crippen molar-refractivity contribution in [3.8, 4) is 11.5 Å². The lowest BCUT2D eigenvalue weighted by Crippen LogP contribution is -2.22. The highest BCUT2D eigenvalue weighted by atomic mass is 35.5. The first-order chi connectivity index (χ1) is 12.3. The maximum absolute atomic E-state index is 12.2. The van der Waals surface area contributed by atoms with Gasteiger partial charge >= 0.3 is 0 Å². The molecule has 6 nitrogen and oxygen atoms in total. The molecule has 2 aromatic rings. The number of phenols is 2. The van der Waals surface area contributed by atoms with Crippen molar-refractivity contribution < 1.29 is 15.0 Å². The summed E-state index contributed by atoms with van der Waals surface area (Å²) in [6, 6.07) is 8.67. The molecule has 132 valence electrons. The maximum atomic E-state index is 12.2. The number of benzene rings is 2. The molecule has 0 aliphatic heterocycles. The van der Waals surface area contributed by atoms with Gasteiger partial charge in [-0.3, -0.25) is 4.79 Å². The zero-order valence-corrected chi connectivity index (χ0v) is 14.7. The van der Waals surface area contributed by atoms with Crippen molar-refractivity contribution >= 4 is 46.1 Å². The van der Waals surface area contributed by atoms with Crippen molar-refractivity contribution in [2.45, 2.75) is 0 Å². The summed E-state index contributed by atoms with van der Waals surface area (Å²) in [6.07, 6.45) is 2.72. The number of allylic oxidation sites excluding steroid dienone is 2. The molecular formula is C18H13Cl2N3O3. The largest absolute Gasteiger partial charge is 0.508 e. The Morgan fingerprint density at radius 3 is 2.27 bits per heavy atom. The molecule has 0 bridgehead atoms. The summed E-state index contributed by atoms with van der Waals surface area (Å²) in [5.41, 5.74) is 7.44. The molecule has 0 atom stereocenters. The number of halogens is 2. The van der Waals surface area contributed by atoms with Gasteiger partial charge in [-0.15, -0.1) is 0 Å². The first-order valence-corrected chi connectivity index (χ1v) is 8.15. The number of hydrogen-bond donors (Lipinski definition) is 4. The topological polar surface area (TPSA) is 108 Å². The first-order valence-electron chi connectivity index (χ1n) is 7.40. The lowest BCUT2D eigenvalue weighted by molar-refractivity contribution is -0.111. The van der Waals surface area contributed by atoms with Gasteiger partial charge in [0.15, 0.2) is 0 Å². The minimum atomic E-state index is -0.345. The third-order valence-corrected chi connectivity index (χ3v) is 4.14. The number of phenolic OH excluding ortho intramolecular Hbond substituents is 2. The van der Waals surface area contributed by atoms with E-state index in [0.717, 1.165) is 0 Å². The van der Waals surface area contributed by atoms with Gasteiger partial charge in [-0.25, -0.2) is 4.99 Å². The molecule has 5 N–H and O–H groups in total. The predicted molar refractivity (Wildman–Crippen MR) is 102 cm³/mol. The molecule has 26 heavy (non-hydrogen) atoms. The highest BCUT2D eigenvalue weighted by molar-refractivity contribution is 6.34. The smallest absolute Gasteiger partial charge is 0.204 e. The average Bonchev–Trinajstić information content (AvgIpc) is 2.56. The van der Waals surface area contributed by atoms with Gasteiger partial charge in [0.05, 0.1) is 38.5 Å². The molecule has 0 aromatic heterocycles. The van der Waals surface area contributed by atoms with Crippen LogP contribution >= 0.6 is 23.2 Å². The zero-order valence-electron chi connectivity index (χ0n) is 13.2. The normalized spacial score (nSPS) is 15.6. The summed E-state index contributed by atoms with van der Waals surface area (Å²) >= 11 is 12.1. The van der Waals surface area contributed by atoms with Gasteiger partial charge in [-0.2, -0.15) is 0 Å². The van der Waals surface area contributed by atoms with Gasteiger partial charge < -0.3 is 21.3 Å². The lowest BCUT2D eigenvalue weighted by atomic mass is 10.1. The molecule has 0 saturated carbocycles. The van der Waals surface area contributed by atoms with Crippen LogP contribution in [0.5, 0.6) is 11.5 Å². The van der Waals surface area contributed by atoms with Crippen LogP contribution in [0.25, 0.3) is 0 Å². The van der Waals surface area contributed by atoms with Crippen LogP contribution in [0.15, 0.2) is 64.9 Å². The Bertz CT molecular complexity index is 997. The highest BCUT2D eigenvalue weighted by Crippen LogP contribution is 2.30. The van der Waals surface area contributed by atoms with Crippen molar-refractivity contribution in [3.63, 3.8) is 0 Å². The second-order valence-corrected chi connectivity index (χ2v) is 6.26. The van der Waals surface area contributed by atoms with E-state index >= 15 is 0 Å². The summed E-state index contributed by atoms with van der Waals surface area (Å²) in [7, 11) is 0. The van der Waals surface area contributed by atoms with Gasteiger partial charge in [0.25, 0.3) is 0 Å². The summed E-state index contributed by atoms with van der Waals surface area (Å²) in [4.78, 5) is 16.5. The third kappa shape index (κ3) is 3.82. The van der Waals surface area contributed by atoms with Crippen molar-refractivity contribution in [1.29, 1.82) is 0 Å². The maximum Gasteiger partial charge on any atom is 0.204 e. The van der Waals surface area contributed by atoms with Crippen LogP contribution in [0.2, 0.25) is 10.0 Å². The van der Waals surface area contributed by atoms with Crippen LogP contribution in [0, 0.1) is 0 Å². The molecule has 0 unspecified atom stereocenters. The van der Waals surface area contributed by atoms with Gasteiger partial charge in [0, 0.05) is 18.2 Å². The summed E-state index contributed by atoms with van der Waals surface area (Å²) in [6.45, 7) is 0. The number of carbonyl (C=O) groups excluding carboxylic acids is 1. The summed E-state index contributed by atoms with van der Waals surface area (Å²) in [5.74, 6) is -0.318. The fourth-order valence-corrected chi connectivity index (χ4v) is 2.68. The number of nitrogens with zero attached hydrogens (tertiary/aromatic N) is 1. The Morgan fingerprint density at radius 2 is 1.62 bits per heavy atom. The molecule has 1 aliphatic carbocycles. The second-order valence-electron chi connectivity index (χ2n) is 5.44. The molecule has 1 aliphatic rings. The Hall–Kier alpha value is -2.96. The fraction of sp³-hybridized carbons (Fsp3) is 0. The van der Waals surface area contributed by atoms with Crippen LogP contribution in [0.3, 0.4) is 0 Å². The molecule has 2 aromatic carbocycles. The van der Waals surface area contributed by atoms with Crippen LogP contribution in [-0.2, 0) is 4.79 Å². The van der Waals surface area contributed by atoms with Crippen LogP contribution in [0.4, 0.5) is 11.4 Å². The van der Waals surface area contributed by atoms with Gasteiger partial charge in [0.1, 0.15) is 11.5 Å². The van der Waals surface area contributed by atoms with Crippen LogP contribution in [-0.4, -0.2) is 21.7 Å². The number of ketones is 1. The fourth-order valence-electron chi connectivity index (χ4n) is 2.25. The van der Waals surface area contributed by atoms with E-state index < -0.39 is 0 Å². The summed E-state index contributed by atoms with van der Waals surface area (Å²) < 4.78 is 0. The third-order valence-electron chi connectivity index (χ3n) is 3.52. The molecule has 0 spiro atoms. The molecule has 0 fully saturated rings. The Morgan fingerprint density at radius 1 is 0.962 bits per heavy atom. The van der Waals surface area contributed by atoms with Crippen molar-refractivity contribution in [2.75, 3.05) is 5.32 Å². The van der Waals surface area contributed by atoms with Crippen LogP contribution in [0.1, 0.15) is 0 Å². The van der Waals surface area contributed by atoms with Crippen molar-refractivity contribution in [1.82, 2.24) is 0 Å². The average molecular weight is 390 g/mol. The van der Waals surface area contributed by atoms with Gasteiger partial charge in [0.2, 0.25) is 5.78 Å². The molecule has 0 heterocycles. The molecular weight excluding hydrogens is 377 g/mol. The number of aromatic hydroxyl groups is 2. The standard InChI is InChI=1S/C18H13Cl2N3O3/c19-11-5-9(24)1-3-14(11)22-16-8-17(18(26)7-13(16)21)23-15-4-2-10(25)6-12(15)20/h1-8,23-25H,21H2/b22-16-. The molecule has 8 heteroatoms. The van der Waals surface area contributed by atoms with Crippen LogP contribution < -0.4 is 11.1 Å². The number of aliphatic imine (C=N–C) groups is 1. The predicted octanol–water partition coefficient (Wildman–Crippen LogP) is 3.90. The molecule has 0 saturated heterocycles. The minimum Gasteiger partial charge on any atom is -0.508 e. The Balaban J connectivity index is 1.96. The molecule has 3 rings (SSSR count). The summed E-state index contributed by atoms with van der Waals surface area (Å²) in [5, 5.41) is 22.2. The number of hydrogen-bond acceptors (Lipinski definition) is 6. The van der Waals surface area contributed by atoms with E-state index in [0.29, 0.717) is 17.1 Å². The Labute approximate surface area is 158 Å². The Kier molecular flexibility index (Phi) is 4.88. The van der Waals surface area contributed by atoms with E-state index in [4.69, 9.17) is 28.9 Å². The number of carbonyl (C=O) groups is 1. The second kappa shape index (κ2) is 7.11. The van der Waals surface area contributed by atoms with E-state index in [-0.39, 0.29) is 38.7 Å². The quantitative estimate of drug-likeness (QED) is 0.470. The monoisotopic (exact) mass is 389 g/mol.